The Morgan fingerprint density at radius 1 is 1.33 bits per heavy atom. The molecule has 1 aliphatic heterocycles. The molecule has 2 heterocycles. The van der Waals surface area contributed by atoms with Crippen molar-refractivity contribution in [2.75, 3.05) is 17.2 Å². The zero-order chi connectivity index (χ0) is 12.5. The molecule has 1 aromatic heterocycles. The van der Waals surface area contributed by atoms with Gasteiger partial charge in [0.05, 0.1) is 12.2 Å². The van der Waals surface area contributed by atoms with Crippen molar-refractivity contribution in [2.45, 2.75) is 19.4 Å². The number of hydrogen-bond acceptors (Lipinski definition) is 3. The quantitative estimate of drug-likeness (QED) is 0.819. The summed E-state index contributed by atoms with van der Waals surface area (Å²) < 4.78 is 1.85. The summed E-state index contributed by atoms with van der Waals surface area (Å²) in [6, 6.07) is 8.29. The number of hydrogen-bond donors (Lipinski definition) is 1. The maximum atomic E-state index is 5.90. The van der Waals surface area contributed by atoms with Crippen molar-refractivity contribution in [3.63, 3.8) is 0 Å². The van der Waals surface area contributed by atoms with Gasteiger partial charge in [0.15, 0.2) is 0 Å². The Kier molecular flexibility index (Phi) is 2.70. The molecule has 0 atom stereocenters. The molecule has 94 valence electrons. The van der Waals surface area contributed by atoms with E-state index in [2.05, 4.69) is 28.2 Å². The normalized spacial score (nSPS) is 14.6. The first-order valence-corrected chi connectivity index (χ1v) is 6.34. The number of anilines is 2. The molecule has 1 aromatic carbocycles. The highest BCUT2D eigenvalue weighted by Gasteiger charge is 2.17. The molecule has 0 spiro atoms. The van der Waals surface area contributed by atoms with E-state index < -0.39 is 0 Å². The summed E-state index contributed by atoms with van der Waals surface area (Å²) >= 11 is 0. The Hall–Kier alpha value is -1.97. The Labute approximate surface area is 107 Å². The van der Waals surface area contributed by atoms with Gasteiger partial charge >= 0.3 is 0 Å². The highest BCUT2D eigenvalue weighted by Crippen LogP contribution is 2.29. The third-order valence-electron chi connectivity index (χ3n) is 3.45. The Morgan fingerprint density at radius 3 is 3.00 bits per heavy atom. The fourth-order valence-electron chi connectivity index (χ4n) is 2.57. The zero-order valence-corrected chi connectivity index (χ0v) is 10.6. The molecule has 2 aromatic rings. The lowest BCUT2D eigenvalue weighted by molar-refractivity contribution is 0.668. The third kappa shape index (κ3) is 2.06. The number of rotatable bonds is 2. The summed E-state index contributed by atoms with van der Waals surface area (Å²) in [7, 11) is 1.95. The van der Waals surface area contributed by atoms with Crippen molar-refractivity contribution in [1.29, 1.82) is 0 Å². The van der Waals surface area contributed by atoms with Crippen LogP contribution in [0.2, 0.25) is 0 Å². The van der Waals surface area contributed by atoms with E-state index in [1.807, 2.05) is 24.0 Å². The second-order valence-electron chi connectivity index (χ2n) is 4.89. The number of nitrogen functional groups attached to an aromatic ring is 1. The fourth-order valence-corrected chi connectivity index (χ4v) is 2.57. The molecule has 2 N–H and O–H groups in total. The highest BCUT2D eigenvalue weighted by molar-refractivity contribution is 5.62. The van der Waals surface area contributed by atoms with Crippen molar-refractivity contribution < 1.29 is 0 Å². The summed E-state index contributed by atoms with van der Waals surface area (Å²) in [5.74, 6) is 0. The largest absolute Gasteiger partial charge is 0.399 e. The van der Waals surface area contributed by atoms with Crippen LogP contribution in [0.3, 0.4) is 0 Å². The van der Waals surface area contributed by atoms with Gasteiger partial charge in [-0.25, -0.2) is 0 Å². The highest BCUT2D eigenvalue weighted by atomic mass is 15.3. The van der Waals surface area contributed by atoms with Crippen LogP contribution < -0.4 is 10.6 Å². The summed E-state index contributed by atoms with van der Waals surface area (Å²) in [4.78, 5) is 2.37. The average molecular weight is 242 g/mol. The second-order valence-corrected chi connectivity index (χ2v) is 4.89. The molecule has 0 unspecified atom stereocenters. The second kappa shape index (κ2) is 4.37. The lowest BCUT2D eigenvalue weighted by Crippen LogP contribution is -2.29. The number of aromatic nitrogens is 2. The first-order chi connectivity index (χ1) is 8.72. The molecule has 0 aliphatic carbocycles. The molecule has 0 bridgehead atoms. The molecule has 18 heavy (non-hydrogen) atoms. The van der Waals surface area contributed by atoms with E-state index in [-0.39, 0.29) is 0 Å². The van der Waals surface area contributed by atoms with E-state index in [1.54, 1.807) is 0 Å². The van der Waals surface area contributed by atoms with Crippen molar-refractivity contribution in [2.24, 2.45) is 7.05 Å². The van der Waals surface area contributed by atoms with Crippen molar-refractivity contribution in [3.05, 3.63) is 41.7 Å². The van der Waals surface area contributed by atoms with E-state index in [1.165, 1.54) is 17.7 Å². The van der Waals surface area contributed by atoms with Crippen LogP contribution in [0.15, 0.2) is 30.5 Å². The maximum absolute atomic E-state index is 5.90. The minimum Gasteiger partial charge on any atom is -0.399 e. The smallest absolute Gasteiger partial charge is 0.0817 e. The van der Waals surface area contributed by atoms with Crippen LogP contribution in [0.5, 0.6) is 0 Å². The molecular formula is C14H18N4. The first-order valence-electron chi connectivity index (χ1n) is 6.34. The van der Waals surface area contributed by atoms with Crippen LogP contribution in [-0.2, 0) is 20.0 Å². The molecule has 4 nitrogen and oxygen atoms in total. The molecule has 0 saturated heterocycles. The van der Waals surface area contributed by atoms with Crippen LogP contribution in [0.1, 0.15) is 17.7 Å². The standard InChI is InChI=1S/C14H18N4/c1-17-8-6-13(16-17)10-18-7-2-3-11-4-5-12(15)9-14(11)18/h4-6,8-9H,2-3,7,10,15H2,1H3. The molecule has 0 amide bonds. The number of nitrogens with two attached hydrogens (primary N) is 1. The Morgan fingerprint density at radius 2 is 2.22 bits per heavy atom. The van der Waals surface area contributed by atoms with Gasteiger partial charge in [-0.15, -0.1) is 0 Å². The first kappa shape index (κ1) is 11.1. The van der Waals surface area contributed by atoms with Crippen LogP contribution in [0.25, 0.3) is 0 Å². The van der Waals surface area contributed by atoms with Gasteiger partial charge in [0.1, 0.15) is 0 Å². The average Bonchev–Trinajstić information content (AvgIpc) is 2.76. The van der Waals surface area contributed by atoms with Gasteiger partial charge in [-0.1, -0.05) is 6.07 Å². The summed E-state index contributed by atoms with van der Waals surface area (Å²) in [5, 5.41) is 4.44. The number of benzene rings is 1. The van der Waals surface area contributed by atoms with Gasteiger partial charge in [0.25, 0.3) is 0 Å². The summed E-state index contributed by atoms with van der Waals surface area (Å²) in [6.45, 7) is 1.93. The SMILES string of the molecule is Cn1ccc(CN2CCCc3ccc(N)cc32)n1. The molecule has 3 rings (SSSR count). The number of aryl methyl sites for hydroxylation is 2. The number of fused-ring (bicyclic) bond motifs is 1. The predicted molar refractivity (Wildman–Crippen MR) is 73.4 cm³/mol. The molecule has 0 saturated carbocycles. The molecular weight excluding hydrogens is 224 g/mol. The van der Waals surface area contributed by atoms with E-state index in [0.717, 1.165) is 30.9 Å². The van der Waals surface area contributed by atoms with Gasteiger partial charge in [0, 0.05) is 31.2 Å². The van der Waals surface area contributed by atoms with E-state index in [4.69, 9.17) is 5.73 Å². The van der Waals surface area contributed by atoms with E-state index >= 15 is 0 Å². The molecule has 4 heteroatoms. The monoisotopic (exact) mass is 242 g/mol. The fraction of sp³-hybridized carbons (Fsp3) is 0.357. The number of nitrogens with zero attached hydrogens (tertiary/aromatic N) is 3. The van der Waals surface area contributed by atoms with E-state index in [9.17, 15) is 0 Å². The van der Waals surface area contributed by atoms with Gasteiger partial charge in [-0.2, -0.15) is 5.10 Å². The molecule has 0 radical (unpaired) electrons. The van der Waals surface area contributed by atoms with Crippen LogP contribution in [0, 0.1) is 0 Å². The minimum absolute atomic E-state index is 0.835. The third-order valence-corrected chi connectivity index (χ3v) is 3.45. The maximum Gasteiger partial charge on any atom is 0.0817 e. The summed E-state index contributed by atoms with van der Waals surface area (Å²) in [6.07, 6.45) is 4.33. The summed E-state index contributed by atoms with van der Waals surface area (Å²) in [5.41, 5.74) is 10.5. The van der Waals surface area contributed by atoms with Crippen molar-refractivity contribution in [3.8, 4) is 0 Å². The predicted octanol–water partition coefficient (Wildman–Crippen LogP) is 1.96. The Bertz CT molecular complexity index is 559. The van der Waals surface area contributed by atoms with Crippen LogP contribution in [0.4, 0.5) is 11.4 Å². The van der Waals surface area contributed by atoms with Gasteiger partial charge in [-0.05, 0) is 36.6 Å². The zero-order valence-electron chi connectivity index (χ0n) is 10.6. The van der Waals surface area contributed by atoms with Gasteiger partial charge in [0.2, 0.25) is 0 Å². The lowest BCUT2D eigenvalue weighted by Gasteiger charge is -2.31. The minimum atomic E-state index is 0.835. The topological polar surface area (TPSA) is 47.1 Å². The Balaban J connectivity index is 1.88. The lowest BCUT2D eigenvalue weighted by atomic mass is 10.0. The molecule has 0 fully saturated rings. The van der Waals surface area contributed by atoms with Crippen LogP contribution >= 0.6 is 0 Å². The van der Waals surface area contributed by atoms with Gasteiger partial charge < -0.3 is 10.6 Å². The van der Waals surface area contributed by atoms with E-state index in [0.29, 0.717) is 0 Å². The molecule has 1 aliphatic rings. The van der Waals surface area contributed by atoms with Crippen molar-refractivity contribution >= 4 is 11.4 Å². The van der Waals surface area contributed by atoms with Gasteiger partial charge in [-0.3, -0.25) is 4.68 Å². The van der Waals surface area contributed by atoms with Crippen molar-refractivity contribution in [1.82, 2.24) is 9.78 Å². The van der Waals surface area contributed by atoms with Crippen LogP contribution in [-0.4, -0.2) is 16.3 Å².